The summed E-state index contributed by atoms with van der Waals surface area (Å²) in [5.41, 5.74) is 51.1. The largest absolute Gasteiger partial charge is 0.480 e. The zero-order valence-electron chi connectivity index (χ0n) is 79.4. The van der Waals surface area contributed by atoms with Crippen LogP contribution >= 0.6 is 0 Å². The molecule has 1 unspecified atom stereocenters. The number of hydrogen-bond acceptors (Lipinski definition) is 40. The van der Waals surface area contributed by atoms with Crippen molar-refractivity contribution < 1.29 is 151 Å². The second kappa shape index (κ2) is 56.7. The highest BCUT2D eigenvalue weighted by Crippen LogP contribution is 2.40. The number of carboxylic acids is 5. The summed E-state index contributed by atoms with van der Waals surface area (Å²) in [6.07, 6.45) is 10.9. The van der Waals surface area contributed by atoms with Crippen molar-refractivity contribution in [1.82, 2.24) is 58.3 Å². The average Bonchev–Trinajstić information content (AvgIpc) is 1.64. The molecule has 804 valence electrons. The van der Waals surface area contributed by atoms with Crippen molar-refractivity contribution in [2.45, 2.75) is 187 Å². The Morgan fingerprint density at radius 2 is 0.652 bits per heavy atom. The van der Waals surface area contributed by atoms with Gasteiger partial charge in [-0.15, -0.1) is 0 Å². The lowest BCUT2D eigenvalue weighted by Gasteiger charge is -2.36. The van der Waals surface area contributed by atoms with Crippen LogP contribution < -0.4 is 62.7 Å². The molecule has 8 aliphatic rings. The van der Waals surface area contributed by atoms with Crippen LogP contribution in [0.3, 0.4) is 0 Å². The quantitative estimate of drug-likeness (QED) is 0.0274. The molecule has 0 amide bonds. The standard InChI is InChI=1S/2C16H28BN5O6S.C15H32BN5O6S.C15H31BN4O7S.C14H29BN4O7S/c18-6-9-21(10-13-3-7-20-8-4-13)29(27,28)22-11-14(2-1-5-17(25)26)16(19,12-22)15(23)24;18-7-9-21(11-14-5-1-2-8-20-14)29(27,28)22-10-13(4-3-6-17(25)26)16(19,12-22)15(23)24;17-6-9-21(13-3-7-19-8-4-13)28(26,27)20-10-12(2-1-5-16(24)25)15(18,11-20)14(22)23;17-6-7-20(13-3-8-27-9-4-13)28(25,26)19-10-12(2-1-5-16(23)24)15(18,11-19)14(21)22;16-5-6-19(12-3-7-26-9-12)27(24,25)18-8-11(2-1-4-15(22)23)14(17,10-18)13(20)21/h3-4,7-8,14,25-26H,1-2,5-6,9-12,18-19H2,(H,23,24);1-2,5,8,13,25-26H,3-4,6-7,9-12,18-19H2,(H,23,24);12-13,19,24-25H,1-11,17-18H2,(H,22,23);12-13,23-24H,1-11,17-18H2,(H,21,22);11-12,22-23H,1-10,16-17H2,(H,20,21)/t14-,16-;13-,16-;2*12-,15-;11-,12?,14-/m00000/s1. The zero-order chi connectivity index (χ0) is 105. The molecule has 0 saturated carbocycles. The number of ether oxygens (including phenoxy) is 2. The van der Waals surface area contributed by atoms with E-state index >= 15 is 0 Å². The first kappa shape index (κ1) is 124. The van der Waals surface area contributed by atoms with E-state index in [2.05, 4.69) is 15.3 Å². The summed E-state index contributed by atoms with van der Waals surface area (Å²) < 4.78 is 155. The van der Waals surface area contributed by atoms with E-state index in [9.17, 15) is 91.6 Å². The van der Waals surface area contributed by atoms with Crippen LogP contribution in [0.5, 0.6) is 0 Å². The highest BCUT2D eigenvalue weighted by molar-refractivity contribution is 7.88. The van der Waals surface area contributed by atoms with Gasteiger partial charge < -0.3 is 148 Å². The average molecular weight is 2110 g/mol. The van der Waals surface area contributed by atoms with Gasteiger partial charge in [0.05, 0.1) is 24.9 Å². The van der Waals surface area contributed by atoms with Crippen molar-refractivity contribution in [3.63, 3.8) is 0 Å². The van der Waals surface area contributed by atoms with Crippen molar-refractivity contribution in [3.05, 3.63) is 60.2 Å². The number of rotatable bonds is 52. The predicted molar refractivity (Wildman–Crippen MR) is 517 cm³/mol. The van der Waals surface area contributed by atoms with Crippen molar-refractivity contribution >= 4 is 116 Å². The van der Waals surface area contributed by atoms with Crippen LogP contribution in [0.15, 0.2) is 48.9 Å². The van der Waals surface area contributed by atoms with E-state index in [1.165, 1.54) is 17.2 Å². The van der Waals surface area contributed by atoms with E-state index in [-0.39, 0.29) is 232 Å². The first-order valence-electron chi connectivity index (χ1n) is 47.0. The van der Waals surface area contributed by atoms with Crippen LogP contribution in [-0.2, 0) is 97.6 Å². The minimum absolute atomic E-state index is 0.00286. The van der Waals surface area contributed by atoms with Gasteiger partial charge in [0.15, 0.2) is 0 Å². The van der Waals surface area contributed by atoms with E-state index in [1.807, 2.05) is 0 Å². The van der Waals surface area contributed by atoms with Gasteiger partial charge in [0.1, 0.15) is 27.7 Å². The number of nitrogens with zero attached hydrogens (tertiary/aromatic N) is 12. The lowest BCUT2D eigenvalue weighted by Crippen LogP contribution is -2.56. The van der Waals surface area contributed by atoms with Crippen LogP contribution in [0.4, 0.5) is 0 Å². The lowest BCUT2D eigenvalue weighted by molar-refractivity contribution is -0.145. The molecule has 65 heteroatoms. The molecule has 8 aliphatic heterocycles. The van der Waals surface area contributed by atoms with Crippen molar-refractivity contribution in [2.75, 3.05) is 170 Å². The minimum Gasteiger partial charge on any atom is -0.480 e. The van der Waals surface area contributed by atoms with Gasteiger partial charge in [-0.25, -0.2) is 0 Å². The third kappa shape index (κ3) is 34.0. The summed E-state index contributed by atoms with van der Waals surface area (Å²) in [7, 11) is -27.4. The molecule has 0 aromatic carbocycles. The Hall–Kier alpha value is -5.60. The van der Waals surface area contributed by atoms with Gasteiger partial charge in [0.25, 0.3) is 51.0 Å². The smallest absolute Gasteiger partial charge is 0.451 e. The van der Waals surface area contributed by atoms with Gasteiger partial charge in [-0.1, -0.05) is 38.2 Å². The number of aliphatic carboxylic acids is 5. The minimum atomic E-state index is -4.04. The van der Waals surface area contributed by atoms with Gasteiger partial charge in [-0.3, -0.25) is 33.9 Å². The molecule has 11 atom stereocenters. The topological polar surface area (TPSA) is 908 Å². The molecular weight excluding hydrogens is 1960 g/mol. The third-order valence-corrected chi connectivity index (χ3v) is 36.6. The Labute approximate surface area is 825 Å². The van der Waals surface area contributed by atoms with E-state index in [0.29, 0.717) is 103 Å². The molecule has 10 heterocycles. The van der Waals surface area contributed by atoms with Crippen LogP contribution in [0.2, 0.25) is 31.6 Å². The molecule has 55 nitrogen and oxygen atoms in total. The molecule has 0 spiro atoms. The van der Waals surface area contributed by atoms with Crippen LogP contribution in [-0.4, -0.2) is 453 Å². The number of nitrogens with one attached hydrogen (secondary N) is 1. The summed E-state index contributed by atoms with van der Waals surface area (Å²) in [4.78, 5) is 67.0. The van der Waals surface area contributed by atoms with Gasteiger partial charge in [0.2, 0.25) is 0 Å². The van der Waals surface area contributed by atoms with E-state index in [1.54, 1.807) is 48.9 Å². The molecule has 8 fully saturated rings. The maximum Gasteiger partial charge on any atom is 0.451 e. The fourth-order valence-electron chi connectivity index (χ4n) is 18.7. The Bertz CT molecular complexity index is 4560. The summed E-state index contributed by atoms with van der Waals surface area (Å²) in [6, 6.07) is 7.77. The molecule has 0 radical (unpaired) electrons. The zero-order valence-corrected chi connectivity index (χ0v) is 83.5. The van der Waals surface area contributed by atoms with Gasteiger partial charge in [-0.05, 0) is 139 Å². The molecule has 36 N–H and O–H groups in total. The second-order valence-corrected chi connectivity index (χ2v) is 46.2. The van der Waals surface area contributed by atoms with Crippen LogP contribution in [0, 0.1) is 29.6 Å². The first-order valence-corrected chi connectivity index (χ1v) is 54.0. The Kier molecular flexibility index (Phi) is 49.9. The maximum absolute atomic E-state index is 13.3. The SMILES string of the molecule is NCCN(C1CCNCC1)S(=O)(=O)N1C[C@H](CCCB(O)O)[C@](N)(C(=O)O)C1.NCCN(C1CCOC1)S(=O)(=O)N1C[C@H](CCCB(O)O)[C@](N)(C(=O)O)C1.NCCN(C1CCOCC1)S(=O)(=O)N1C[C@H](CCCB(O)O)[C@](N)(C(=O)O)C1.NCCN(Cc1ccccn1)S(=O)(=O)N1C[C@H](CCCB(O)O)[C@](N)(C(=O)O)C1.NCCN(Cc1ccncc1)S(=O)(=O)N1C[C@H](CCCB(O)O)[C@](N)(C(=O)O)C1. The number of carboxylic acid groups (broad SMARTS) is 5. The molecule has 2 aromatic rings. The highest BCUT2D eigenvalue weighted by Gasteiger charge is 2.60. The normalized spacial score (nSPS) is 25.9. The summed E-state index contributed by atoms with van der Waals surface area (Å²) in [5.74, 6) is -9.59. The molecule has 2 aromatic heterocycles. The van der Waals surface area contributed by atoms with Crippen molar-refractivity contribution in [2.24, 2.45) is 86.9 Å². The molecule has 8 saturated heterocycles. The number of piperidine rings is 1. The number of carbonyl (C=O) groups is 5. The molecular formula is C76H148B5N23O32S5. The second-order valence-electron chi connectivity index (χ2n) is 36.7. The molecule has 10 rings (SSSR count). The summed E-state index contributed by atoms with van der Waals surface area (Å²) in [5, 5.41) is 141. The van der Waals surface area contributed by atoms with E-state index in [0.717, 1.165) is 31.4 Å². The highest BCUT2D eigenvalue weighted by atomic mass is 32.2. The Morgan fingerprint density at radius 3 is 0.922 bits per heavy atom. The monoisotopic (exact) mass is 2110 g/mol. The van der Waals surface area contributed by atoms with E-state index in [4.69, 9.17) is 117 Å². The molecule has 0 aliphatic carbocycles. The Morgan fingerprint density at radius 1 is 0.376 bits per heavy atom. The van der Waals surface area contributed by atoms with E-state index < -0.39 is 174 Å². The fourth-order valence-corrected chi connectivity index (χ4v) is 27.9. The van der Waals surface area contributed by atoms with Crippen LogP contribution in [0.25, 0.3) is 0 Å². The molecule has 141 heavy (non-hydrogen) atoms. The van der Waals surface area contributed by atoms with Gasteiger partial charge >= 0.3 is 65.4 Å². The Balaban J connectivity index is 0.000000270. The molecule has 0 bridgehead atoms. The van der Waals surface area contributed by atoms with Gasteiger partial charge in [-0.2, -0.15) is 85.1 Å². The first-order chi connectivity index (χ1) is 66.1. The lowest BCUT2D eigenvalue weighted by atomic mass is 9.78. The van der Waals surface area contributed by atoms with Crippen molar-refractivity contribution in [1.29, 1.82) is 0 Å². The van der Waals surface area contributed by atoms with Crippen molar-refractivity contribution in [3.8, 4) is 0 Å². The summed E-state index contributed by atoms with van der Waals surface area (Å²) in [6.45, 7) is 2.35. The predicted octanol–water partition coefficient (Wildman–Crippen LogP) is -11.8. The van der Waals surface area contributed by atoms with Crippen LogP contribution in [0.1, 0.15) is 108 Å². The number of pyridine rings is 2. The number of nitrogens with two attached hydrogens (primary N) is 10. The van der Waals surface area contributed by atoms with Gasteiger partial charge in [0, 0.05) is 218 Å². The fraction of sp³-hybridized carbons (Fsp3) is 0.803. The third-order valence-electron chi connectivity index (χ3n) is 26.8. The number of aromatic nitrogens is 2. The maximum atomic E-state index is 13.3. The summed E-state index contributed by atoms with van der Waals surface area (Å²) >= 11 is 0. The number of hydrogen-bond donors (Lipinski definition) is 26.